The number of methoxy groups -OCH3 is 1. The Hall–Kier alpha value is -2.88. The molecule has 2 amide bonds. The Morgan fingerprint density at radius 2 is 1.97 bits per heavy atom. The van der Waals surface area contributed by atoms with Crippen molar-refractivity contribution >= 4 is 33.9 Å². The number of amides is 2. The molecule has 0 spiro atoms. The lowest BCUT2D eigenvalue weighted by atomic mass is 9.89. The number of aromatic nitrogens is 2. The van der Waals surface area contributed by atoms with E-state index in [1.165, 1.54) is 28.0 Å². The molecular formula is C29H40N4O4S. The number of anilines is 1. The predicted octanol–water partition coefficient (Wildman–Crippen LogP) is 4.92. The maximum atomic E-state index is 12.5. The number of benzene rings is 1. The SMILES string of the molecule is CCc1ccc([C@@H](C)CC(=O)NCC(=O)Nc2nnc(C3=CC=C(C)C3)s2)cc1CC1CCOC1.COC. The first-order valence-electron chi connectivity index (χ1n) is 13.2. The number of carbonyl (C=O) groups is 2. The summed E-state index contributed by atoms with van der Waals surface area (Å²) in [5.41, 5.74) is 6.27. The zero-order valence-electron chi connectivity index (χ0n) is 23.1. The number of nitrogens with one attached hydrogen (secondary N) is 2. The fourth-order valence-corrected chi connectivity index (χ4v) is 5.35. The van der Waals surface area contributed by atoms with Crippen LogP contribution in [0.2, 0.25) is 0 Å². The van der Waals surface area contributed by atoms with E-state index in [1.54, 1.807) is 14.2 Å². The van der Waals surface area contributed by atoms with Gasteiger partial charge in [-0.15, -0.1) is 10.2 Å². The Bertz CT molecular complexity index is 1150. The van der Waals surface area contributed by atoms with Gasteiger partial charge in [0.05, 0.1) is 6.54 Å². The number of ether oxygens (including phenoxy) is 2. The minimum Gasteiger partial charge on any atom is -0.388 e. The van der Waals surface area contributed by atoms with E-state index in [0.29, 0.717) is 17.5 Å². The van der Waals surface area contributed by atoms with Gasteiger partial charge in [-0.25, -0.2) is 0 Å². The molecule has 1 saturated heterocycles. The zero-order valence-corrected chi connectivity index (χ0v) is 24.0. The van der Waals surface area contributed by atoms with E-state index in [4.69, 9.17) is 4.74 Å². The summed E-state index contributed by atoms with van der Waals surface area (Å²) in [5.74, 6) is 0.183. The van der Waals surface area contributed by atoms with Crippen LogP contribution in [0.15, 0.2) is 35.9 Å². The van der Waals surface area contributed by atoms with Crippen LogP contribution in [-0.4, -0.2) is 56.0 Å². The molecule has 206 valence electrons. The van der Waals surface area contributed by atoms with E-state index in [-0.39, 0.29) is 24.3 Å². The molecule has 0 radical (unpaired) electrons. The van der Waals surface area contributed by atoms with Crippen molar-refractivity contribution < 1.29 is 19.1 Å². The van der Waals surface area contributed by atoms with E-state index < -0.39 is 0 Å². The lowest BCUT2D eigenvalue weighted by molar-refractivity contribution is -0.124. The molecule has 1 aromatic carbocycles. The molecule has 1 fully saturated rings. The molecule has 1 unspecified atom stereocenters. The zero-order chi connectivity index (χ0) is 27.5. The third-order valence-electron chi connectivity index (χ3n) is 6.63. The highest BCUT2D eigenvalue weighted by atomic mass is 32.1. The standard InChI is InChI=1S/C27H34N4O3S.C2H6O/c1-4-20-7-8-21(14-23(20)13-19-9-10-34-16-19)18(3)12-24(32)28-15-25(33)29-27-31-30-26(35-27)22-6-5-17(2)11-22;1-3-2/h5-8,14,18-19H,4,9-13,15-16H2,1-3H3,(H,28,32)(H,29,31,33);1-2H3/t18-,19?;/m0./s1. The van der Waals surface area contributed by atoms with Crippen LogP contribution in [0.4, 0.5) is 5.13 Å². The van der Waals surface area contributed by atoms with Gasteiger partial charge in [0.15, 0.2) is 0 Å². The molecule has 1 aromatic heterocycles. The van der Waals surface area contributed by atoms with E-state index in [9.17, 15) is 9.59 Å². The van der Waals surface area contributed by atoms with Crippen molar-refractivity contribution in [3.8, 4) is 0 Å². The van der Waals surface area contributed by atoms with E-state index in [0.717, 1.165) is 55.0 Å². The van der Waals surface area contributed by atoms with E-state index >= 15 is 0 Å². The highest BCUT2D eigenvalue weighted by Gasteiger charge is 2.20. The number of nitrogens with zero attached hydrogens (tertiary/aromatic N) is 2. The van der Waals surface area contributed by atoms with Crippen LogP contribution in [-0.2, 0) is 31.9 Å². The summed E-state index contributed by atoms with van der Waals surface area (Å²) in [5, 5.41) is 14.9. The first kappa shape index (κ1) is 29.7. The van der Waals surface area contributed by atoms with Crippen LogP contribution in [0.1, 0.15) is 67.6 Å². The largest absolute Gasteiger partial charge is 0.388 e. The molecule has 2 aliphatic rings. The first-order valence-corrected chi connectivity index (χ1v) is 14.0. The molecule has 38 heavy (non-hydrogen) atoms. The van der Waals surface area contributed by atoms with E-state index in [2.05, 4.69) is 70.6 Å². The summed E-state index contributed by atoms with van der Waals surface area (Å²) < 4.78 is 9.80. The minimum absolute atomic E-state index is 0.0602. The van der Waals surface area contributed by atoms with Crippen molar-refractivity contribution in [1.82, 2.24) is 15.5 Å². The van der Waals surface area contributed by atoms with Crippen molar-refractivity contribution in [3.05, 3.63) is 57.6 Å². The minimum atomic E-state index is -0.309. The number of carbonyl (C=O) groups excluding carboxylic acids is 2. The number of aryl methyl sites for hydroxylation is 1. The normalized spacial score (nSPS) is 17.2. The Morgan fingerprint density at radius 3 is 2.63 bits per heavy atom. The molecule has 1 aliphatic carbocycles. The van der Waals surface area contributed by atoms with Gasteiger partial charge in [-0.3, -0.25) is 14.9 Å². The van der Waals surface area contributed by atoms with Crippen LogP contribution in [0.5, 0.6) is 0 Å². The average molecular weight is 541 g/mol. The summed E-state index contributed by atoms with van der Waals surface area (Å²) in [6.45, 7) is 7.90. The second-order valence-corrected chi connectivity index (χ2v) is 10.9. The predicted molar refractivity (Wildman–Crippen MR) is 152 cm³/mol. The lowest BCUT2D eigenvalue weighted by Crippen LogP contribution is -2.33. The van der Waals surface area contributed by atoms with Crippen molar-refractivity contribution in [2.75, 3.05) is 39.3 Å². The molecule has 2 N–H and O–H groups in total. The van der Waals surface area contributed by atoms with Gasteiger partial charge in [0.1, 0.15) is 5.01 Å². The molecule has 2 atom stereocenters. The molecule has 1 aliphatic heterocycles. The van der Waals surface area contributed by atoms with Gasteiger partial charge >= 0.3 is 0 Å². The van der Waals surface area contributed by atoms with Gasteiger partial charge in [0.2, 0.25) is 16.9 Å². The molecule has 2 heterocycles. The van der Waals surface area contributed by atoms with Crippen molar-refractivity contribution in [3.63, 3.8) is 0 Å². The fraction of sp³-hybridized carbons (Fsp3) is 0.517. The summed E-state index contributed by atoms with van der Waals surface area (Å²) in [4.78, 5) is 24.8. The molecule has 4 rings (SSSR count). The summed E-state index contributed by atoms with van der Waals surface area (Å²) in [6.07, 6.45) is 8.41. The number of allylic oxidation sites excluding steroid dienone is 4. The monoisotopic (exact) mass is 540 g/mol. The van der Waals surface area contributed by atoms with Crippen molar-refractivity contribution in [1.29, 1.82) is 0 Å². The van der Waals surface area contributed by atoms with Gasteiger partial charge in [-0.1, -0.05) is 61.1 Å². The fourth-order valence-electron chi connectivity index (χ4n) is 4.56. The maximum Gasteiger partial charge on any atom is 0.245 e. The Labute approximate surface area is 229 Å². The van der Waals surface area contributed by atoms with Crippen LogP contribution in [0.25, 0.3) is 5.57 Å². The van der Waals surface area contributed by atoms with Gasteiger partial charge in [0, 0.05) is 33.9 Å². The molecule has 0 saturated carbocycles. The molecular weight excluding hydrogens is 500 g/mol. The van der Waals surface area contributed by atoms with Crippen molar-refractivity contribution in [2.45, 2.75) is 58.8 Å². The van der Waals surface area contributed by atoms with Gasteiger partial charge in [0.25, 0.3) is 0 Å². The quantitative estimate of drug-likeness (QED) is 0.443. The van der Waals surface area contributed by atoms with Gasteiger partial charge < -0.3 is 14.8 Å². The second-order valence-electron chi connectivity index (χ2n) is 9.95. The van der Waals surface area contributed by atoms with Crippen molar-refractivity contribution in [2.24, 2.45) is 5.92 Å². The topological polar surface area (TPSA) is 102 Å². The summed E-state index contributed by atoms with van der Waals surface area (Å²) in [6, 6.07) is 6.57. The van der Waals surface area contributed by atoms with Gasteiger partial charge in [-0.2, -0.15) is 0 Å². The molecule has 9 heteroatoms. The number of hydrogen-bond acceptors (Lipinski definition) is 7. The average Bonchev–Trinajstić information content (AvgIpc) is 3.66. The van der Waals surface area contributed by atoms with Crippen LogP contribution < -0.4 is 10.6 Å². The van der Waals surface area contributed by atoms with E-state index in [1.807, 2.05) is 6.08 Å². The summed E-state index contributed by atoms with van der Waals surface area (Å²) >= 11 is 1.34. The molecule has 2 aromatic rings. The smallest absolute Gasteiger partial charge is 0.245 e. The highest BCUT2D eigenvalue weighted by molar-refractivity contribution is 7.16. The third kappa shape index (κ3) is 8.85. The van der Waals surface area contributed by atoms with Crippen LogP contribution in [0, 0.1) is 5.92 Å². The van der Waals surface area contributed by atoms with Crippen LogP contribution in [0.3, 0.4) is 0 Å². The third-order valence-corrected chi connectivity index (χ3v) is 7.55. The maximum absolute atomic E-state index is 12.5. The Kier molecular flexibility index (Phi) is 11.6. The summed E-state index contributed by atoms with van der Waals surface area (Å²) in [7, 11) is 3.25. The lowest BCUT2D eigenvalue weighted by Gasteiger charge is -2.17. The highest BCUT2D eigenvalue weighted by Crippen LogP contribution is 2.31. The molecule has 8 nitrogen and oxygen atoms in total. The second kappa shape index (κ2) is 14.9. The molecule has 0 bridgehead atoms. The van der Waals surface area contributed by atoms with Crippen LogP contribution >= 0.6 is 11.3 Å². The number of rotatable bonds is 10. The van der Waals surface area contributed by atoms with Gasteiger partial charge in [-0.05, 0) is 66.7 Å². The number of hydrogen-bond donors (Lipinski definition) is 2. The Balaban J connectivity index is 0.00000127. The Morgan fingerprint density at radius 1 is 1.18 bits per heavy atom. The first-order chi connectivity index (χ1) is 18.3.